The Bertz CT molecular complexity index is 2640. The van der Waals surface area contributed by atoms with Gasteiger partial charge in [-0.05, 0) is 72.8 Å². The maximum absolute atomic E-state index is 12.9. The third-order valence-corrected chi connectivity index (χ3v) is 9.40. The number of carbonyl (C=O) groups is 4. The number of pyridine rings is 2. The monoisotopic (exact) mass is 888 g/mol. The molecule has 18 heteroatoms. The Balaban J connectivity index is 0.000000238. The van der Waals surface area contributed by atoms with Gasteiger partial charge >= 0.3 is 0 Å². The number of hydrogen-bond acceptors (Lipinski definition) is 10. The zero-order valence-corrected chi connectivity index (χ0v) is 36.1. The fourth-order valence-electron chi connectivity index (χ4n) is 5.64. The van der Waals surface area contributed by atoms with Gasteiger partial charge in [0.15, 0.2) is 0 Å². The summed E-state index contributed by atoms with van der Waals surface area (Å²) in [5.74, 6) is 0.236. The quantitative estimate of drug-likeness (QED) is 0.0518. The Morgan fingerprint density at radius 3 is 1.33 bits per heavy atom. The molecule has 7 N–H and O–H groups in total. The molecule has 0 spiro atoms. The van der Waals surface area contributed by atoms with E-state index in [0.717, 1.165) is 0 Å². The molecule has 4 aromatic carbocycles. The lowest BCUT2D eigenvalue weighted by Gasteiger charge is -2.16. The Kier molecular flexibility index (Phi) is 15.9. The van der Waals surface area contributed by atoms with E-state index in [0.29, 0.717) is 67.1 Å². The number of nitrogens with one attached hydrogen (secondary N) is 5. The van der Waals surface area contributed by atoms with Gasteiger partial charge in [-0.3, -0.25) is 29.6 Å². The van der Waals surface area contributed by atoms with Gasteiger partial charge in [-0.2, -0.15) is 0 Å². The number of methoxy groups -OCH3 is 2. The molecule has 0 fully saturated rings. The molecule has 0 aliphatic carbocycles. The molecule has 6 aromatic rings. The van der Waals surface area contributed by atoms with E-state index in [-0.39, 0.29) is 22.5 Å². The summed E-state index contributed by atoms with van der Waals surface area (Å²) in [5.41, 5.74) is 8.80. The summed E-state index contributed by atoms with van der Waals surface area (Å²) >= 11 is 11.7. The van der Waals surface area contributed by atoms with E-state index >= 15 is 0 Å². The number of para-hydroxylation sites is 2. The third kappa shape index (κ3) is 12.2. The van der Waals surface area contributed by atoms with Crippen LogP contribution in [0.2, 0.25) is 10.0 Å². The van der Waals surface area contributed by atoms with E-state index in [1.165, 1.54) is 26.6 Å². The van der Waals surface area contributed by atoms with Crippen molar-refractivity contribution in [1.29, 1.82) is 5.41 Å². The number of rotatable bonds is 12. The first-order chi connectivity index (χ1) is 30.2. The maximum Gasteiger partial charge on any atom is 0.259 e. The average Bonchev–Trinajstić information content (AvgIpc) is 3.30. The highest BCUT2D eigenvalue weighted by atomic mass is 35.5. The molecule has 0 aliphatic heterocycles. The van der Waals surface area contributed by atoms with Gasteiger partial charge in [0.25, 0.3) is 23.6 Å². The van der Waals surface area contributed by atoms with Crippen LogP contribution in [0.15, 0.2) is 127 Å². The van der Waals surface area contributed by atoms with Crippen molar-refractivity contribution in [3.8, 4) is 11.5 Å². The number of halogens is 2. The third-order valence-electron chi connectivity index (χ3n) is 8.95. The molecule has 0 atom stereocenters. The number of amidine groups is 2. The van der Waals surface area contributed by atoms with Crippen molar-refractivity contribution in [3.05, 3.63) is 165 Å². The maximum atomic E-state index is 12.9. The molecule has 0 bridgehead atoms. The van der Waals surface area contributed by atoms with Crippen LogP contribution in [0.1, 0.15) is 52.6 Å². The Labute approximate surface area is 373 Å². The molecule has 0 radical (unpaired) electrons. The number of benzene rings is 4. The number of nitrogens with zero attached hydrogens (tertiary/aromatic N) is 4. The molecule has 322 valence electrons. The summed E-state index contributed by atoms with van der Waals surface area (Å²) in [7, 11) is 8.04. The van der Waals surface area contributed by atoms with E-state index < -0.39 is 23.6 Å². The molecule has 6 rings (SSSR count). The minimum atomic E-state index is -0.469. The van der Waals surface area contributed by atoms with Crippen molar-refractivity contribution in [3.63, 3.8) is 0 Å². The lowest BCUT2D eigenvalue weighted by atomic mass is 10.1. The number of carbonyl (C=O) groups excluding carboxylic acids is 4. The number of hydrogen-bond donors (Lipinski definition) is 6. The van der Waals surface area contributed by atoms with E-state index in [1.807, 2.05) is 0 Å². The molecule has 16 nitrogen and oxygen atoms in total. The molecule has 63 heavy (non-hydrogen) atoms. The molecule has 0 unspecified atom stereocenters. The standard InChI is InChI=1S/C23H22ClN5O3.C22H20ClN5O3/c1-29(2)21(25)14-7-9-15(10-8-14)22(30)28-20-17(5-4-6-18(20)32-3)23(31)27-19-12-11-16(24)13-26-19;1-25-20(24)13-6-8-14(9-7-13)21(29)28-19-16(4-3-5-17(19)31-2)22(30)27-18-11-10-15(23)12-26-18/h4-13,25H,1-3H3,(H,28,30)(H,26,27,31);3-12H,1-2H3,(H2,24,25)(H,28,29)(H,26,27,30). The fraction of sp³-hybridized carbons (Fsp3) is 0.111. The van der Waals surface area contributed by atoms with Crippen molar-refractivity contribution in [2.45, 2.75) is 0 Å². The number of ether oxygens (including phenoxy) is 2. The summed E-state index contributed by atoms with van der Waals surface area (Å²) in [4.78, 5) is 65.1. The molecule has 2 aromatic heterocycles. The number of aromatic nitrogens is 2. The predicted molar refractivity (Wildman–Crippen MR) is 246 cm³/mol. The molecular formula is C45H42Cl2N10O6. The van der Waals surface area contributed by atoms with Gasteiger partial charge in [0.1, 0.15) is 34.8 Å². The minimum Gasteiger partial charge on any atom is -0.495 e. The molecular weight excluding hydrogens is 847 g/mol. The van der Waals surface area contributed by atoms with E-state index in [9.17, 15) is 19.2 Å². The Morgan fingerprint density at radius 1 is 0.587 bits per heavy atom. The first-order valence-electron chi connectivity index (χ1n) is 18.7. The van der Waals surface area contributed by atoms with Gasteiger partial charge in [-0.1, -0.05) is 59.6 Å². The summed E-state index contributed by atoms with van der Waals surface area (Å²) in [6.07, 6.45) is 2.84. The molecule has 0 aliphatic rings. The van der Waals surface area contributed by atoms with Gasteiger partial charge in [0.2, 0.25) is 0 Å². The smallest absolute Gasteiger partial charge is 0.259 e. The van der Waals surface area contributed by atoms with Crippen molar-refractivity contribution < 1.29 is 28.7 Å². The second kappa shape index (κ2) is 21.6. The van der Waals surface area contributed by atoms with Crippen molar-refractivity contribution in [2.24, 2.45) is 10.7 Å². The second-order valence-electron chi connectivity index (χ2n) is 13.3. The van der Waals surface area contributed by atoms with E-state index in [1.54, 1.807) is 135 Å². The lowest BCUT2D eigenvalue weighted by molar-refractivity contribution is 0.101. The summed E-state index contributed by atoms with van der Waals surface area (Å²) < 4.78 is 10.7. The highest BCUT2D eigenvalue weighted by Crippen LogP contribution is 2.31. The normalized spacial score (nSPS) is 10.6. The van der Waals surface area contributed by atoms with Gasteiger partial charge in [0.05, 0.1) is 46.8 Å². The topological polar surface area (TPSA) is 226 Å². The van der Waals surface area contributed by atoms with Crippen LogP contribution in [-0.4, -0.2) is 85.5 Å². The average molecular weight is 890 g/mol. The zero-order valence-electron chi connectivity index (χ0n) is 34.6. The lowest BCUT2D eigenvalue weighted by Crippen LogP contribution is -2.22. The van der Waals surface area contributed by atoms with Crippen LogP contribution in [0.4, 0.5) is 23.0 Å². The van der Waals surface area contributed by atoms with Gasteiger partial charge in [-0.25, -0.2) is 9.97 Å². The SMILES string of the molecule is CN=C(N)c1ccc(C(=O)Nc2c(OC)cccc2C(=O)Nc2ccc(Cl)cn2)cc1.COc1cccc(C(=O)Nc2ccc(Cl)cn2)c1NC(=O)c1ccc(C(=N)N(C)C)cc1. The van der Waals surface area contributed by atoms with Crippen LogP contribution in [0.25, 0.3) is 0 Å². The Hall–Kier alpha value is -7.82. The molecule has 2 heterocycles. The highest BCUT2D eigenvalue weighted by molar-refractivity contribution is 6.30. The number of nitrogens with two attached hydrogens (primary N) is 1. The van der Waals surface area contributed by atoms with Gasteiger partial charge in [0, 0.05) is 55.8 Å². The van der Waals surface area contributed by atoms with Crippen LogP contribution in [0.3, 0.4) is 0 Å². The van der Waals surface area contributed by atoms with Gasteiger partial charge in [-0.15, -0.1) is 0 Å². The second-order valence-corrected chi connectivity index (χ2v) is 14.2. The summed E-state index contributed by atoms with van der Waals surface area (Å²) in [5, 5.41) is 19.8. The highest BCUT2D eigenvalue weighted by Gasteiger charge is 2.21. The number of anilines is 4. The summed E-state index contributed by atoms with van der Waals surface area (Å²) in [6, 6.07) is 29.4. The molecule has 4 amide bonds. The van der Waals surface area contributed by atoms with Crippen molar-refractivity contribution in [2.75, 3.05) is 56.6 Å². The summed E-state index contributed by atoms with van der Waals surface area (Å²) in [6.45, 7) is 0. The van der Waals surface area contributed by atoms with Crippen molar-refractivity contribution in [1.82, 2.24) is 14.9 Å². The van der Waals surface area contributed by atoms with E-state index in [4.69, 9.17) is 43.8 Å². The minimum absolute atomic E-state index is 0.209. The van der Waals surface area contributed by atoms with Gasteiger partial charge < -0.3 is 41.4 Å². The van der Waals surface area contributed by atoms with Crippen LogP contribution < -0.4 is 36.5 Å². The van der Waals surface area contributed by atoms with Crippen LogP contribution in [0, 0.1) is 5.41 Å². The van der Waals surface area contributed by atoms with E-state index in [2.05, 4.69) is 36.2 Å². The largest absolute Gasteiger partial charge is 0.495 e. The van der Waals surface area contributed by atoms with Crippen LogP contribution in [-0.2, 0) is 0 Å². The molecule has 0 saturated heterocycles. The van der Waals surface area contributed by atoms with Crippen LogP contribution in [0.5, 0.6) is 11.5 Å². The fourth-order valence-corrected chi connectivity index (χ4v) is 5.86. The zero-order chi connectivity index (χ0) is 45.6. The number of amides is 4. The Morgan fingerprint density at radius 2 is 0.984 bits per heavy atom. The van der Waals surface area contributed by atoms with Crippen LogP contribution >= 0.6 is 23.2 Å². The number of aliphatic imine (C=N–C) groups is 1. The predicted octanol–water partition coefficient (Wildman–Crippen LogP) is 7.72. The first kappa shape index (κ1) is 46.2. The molecule has 0 saturated carbocycles. The first-order valence-corrected chi connectivity index (χ1v) is 19.5. The van der Waals surface area contributed by atoms with Crippen molar-refractivity contribution >= 4 is 81.5 Å².